The van der Waals surface area contributed by atoms with Gasteiger partial charge in [0.05, 0.1) is 23.2 Å². The number of aryl methyl sites for hydroxylation is 1. The van der Waals surface area contributed by atoms with Crippen molar-refractivity contribution >= 4 is 10.0 Å². The first kappa shape index (κ1) is 18.6. The number of sulfonamides is 1. The van der Waals surface area contributed by atoms with Crippen molar-refractivity contribution in [3.63, 3.8) is 0 Å². The van der Waals surface area contributed by atoms with Crippen LogP contribution in [0.1, 0.15) is 24.0 Å². The molecule has 1 spiro atoms. The van der Waals surface area contributed by atoms with E-state index in [-0.39, 0.29) is 6.10 Å². The maximum Gasteiger partial charge on any atom is 0.243 e. The van der Waals surface area contributed by atoms with Crippen LogP contribution >= 0.6 is 0 Å². The summed E-state index contributed by atoms with van der Waals surface area (Å²) in [6, 6.07) is 10.9. The summed E-state index contributed by atoms with van der Waals surface area (Å²) < 4.78 is 39.0. The molecule has 4 rings (SSSR count). The standard InChI is InChI=1S/C20H24N2O4S/c1-16-4-6-19(7-5-16)27(23,24)22-14-20(15-22)11-18(8-10-26-20)25-13-17-3-2-9-21-12-17/h2-7,9,12,18H,8,10-11,13-15H2,1H3. The van der Waals surface area contributed by atoms with Crippen molar-refractivity contribution in [3.8, 4) is 0 Å². The van der Waals surface area contributed by atoms with Crippen molar-refractivity contribution < 1.29 is 17.9 Å². The highest BCUT2D eigenvalue weighted by Gasteiger charge is 2.52. The van der Waals surface area contributed by atoms with Crippen LogP contribution in [0.5, 0.6) is 0 Å². The van der Waals surface area contributed by atoms with E-state index in [1.54, 1.807) is 24.5 Å². The predicted octanol–water partition coefficient (Wildman–Crippen LogP) is 2.53. The van der Waals surface area contributed by atoms with Gasteiger partial charge in [-0.1, -0.05) is 23.8 Å². The zero-order valence-electron chi connectivity index (χ0n) is 15.4. The molecule has 7 heteroatoms. The molecule has 2 aliphatic heterocycles. The van der Waals surface area contributed by atoms with Crippen molar-refractivity contribution in [1.82, 2.24) is 9.29 Å². The molecule has 2 saturated heterocycles. The number of hydrogen-bond donors (Lipinski definition) is 0. The largest absolute Gasteiger partial charge is 0.373 e. The number of nitrogens with zero attached hydrogens (tertiary/aromatic N) is 2. The Hall–Kier alpha value is -1.80. The first-order valence-electron chi connectivity index (χ1n) is 9.18. The van der Waals surface area contributed by atoms with E-state index < -0.39 is 15.6 Å². The molecule has 2 aliphatic rings. The Morgan fingerprint density at radius 3 is 2.74 bits per heavy atom. The van der Waals surface area contributed by atoms with Crippen LogP contribution in [0.15, 0.2) is 53.7 Å². The van der Waals surface area contributed by atoms with Gasteiger partial charge in [0.1, 0.15) is 0 Å². The maximum atomic E-state index is 12.8. The summed E-state index contributed by atoms with van der Waals surface area (Å²) in [7, 11) is -3.46. The third kappa shape index (κ3) is 3.91. The average molecular weight is 388 g/mol. The van der Waals surface area contributed by atoms with Crippen LogP contribution in [0, 0.1) is 6.92 Å². The number of hydrogen-bond acceptors (Lipinski definition) is 5. The molecule has 3 heterocycles. The van der Waals surface area contributed by atoms with Gasteiger partial charge in [-0.05, 0) is 37.1 Å². The molecule has 6 nitrogen and oxygen atoms in total. The van der Waals surface area contributed by atoms with E-state index in [9.17, 15) is 8.42 Å². The van der Waals surface area contributed by atoms with Crippen molar-refractivity contribution in [3.05, 3.63) is 59.9 Å². The minimum atomic E-state index is -3.46. The minimum Gasteiger partial charge on any atom is -0.373 e. The van der Waals surface area contributed by atoms with Gasteiger partial charge in [-0.25, -0.2) is 8.42 Å². The van der Waals surface area contributed by atoms with Gasteiger partial charge < -0.3 is 9.47 Å². The summed E-state index contributed by atoms with van der Waals surface area (Å²) in [5, 5.41) is 0. The van der Waals surface area contributed by atoms with E-state index in [1.807, 2.05) is 31.2 Å². The third-order valence-corrected chi connectivity index (χ3v) is 7.05. The maximum absolute atomic E-state index is 12.8. The second-order valence-corrected chi connectivity index (χ2v) is 9.34. The molecule has 1 aromatic heterocycles. The van der Waals surface area contributed by atoms with Gasteiger partial charge in [-0.15, -0.1) is 0 Å². The Labute approximate surface area is 160 Å². The summed E-state index contributed by atoms with van der Waals surface area (Å²) in [5.74, 6) is 0. The SMILES string of the molecule is Cc1ccc(S(=O)(=O)N2CC3(CC(OCc4cccnc4)CCO3)C2)cc1. The number of rotatable bonds is 5. The normalized spacial score (nSPS) is 22.5. The summed E-state index contributed by atoms with van der Waals surface area (Å²) in [6.45, 7) is 3.82. The number of benzene rings is 1. The first-order chi connectivity index (χ1) is 13.0. The molecule has 0 saturated carbocycles. The molecule has 0 aliphatic carbocycles. The predicted molar refractivity (Wildman–Crippen MR) is 101 cm³/mol. The molecule has 2 aromatic rings. The molecule has 1 unspecified atom stereocenters. The van der Waals surface area contributed by atoms with Gasteiger partial charge in [0.25, 0.3) is 0 Å². The smallest absolute Gasteiger partial charge is 0.243 e. The third-order valence-electron chi connectivity index (χ3n) is 5.24. The van der Waals surface area contributed by atoms with Crippen LogP contribution in [0.2, 0.25) is 0 Å². The van der Waals surface area contributed by atoms with Gasteiger partial charge in [-0.2, -0.15) is 4.31 Å². The fourth-order valence-electron chi connectivity index (χ4n) is 3.67. The lowest BCUT2D eigenvalue weighted by Gasteiger charge is -2.52. The van der Waals surface area contributed by atoms with Crippen LogP contribution in [0.25, 0.3) is 0 Å². The van der Waals surface area contributed by atoms with Crippen LogP contribution in [0.4, 0.5) is 0 Å². The van der Waals surface area contributed by atoms with E-state index in [0.717, 1.165) is 17.5 Å². The zero-order chi connectivity index (χ0) is 18.9. The fraction of sp³-hybridized carbons (Fsp3) is 0.450. The molecule has 0 N–H and O–H groups in total. The summed E-state index contributed by atoms with van der Waals surface area (Å²) in [4.78, 5) is 4.43. The Morgan fingerprint density at radius 1 is 1.26 bits per heavy atom. The van der Waals surface area contributed by atoms with E-state index in [2.05, 4.69) is 4.98 Å². The van der Waals surface area contributed by atoms with Crippen LogP contribution in [-0.4, -0.2) is 49.1 Å². The molecule has 27 heavy (non-hydrogen) atoms. The van der Waals surface area contributed by atoms with E-state index in [4.69, 9.17) is 9.47 Å². The lowest BCUT2D eigenvalue weighted by molar-refractivity contribution is -0.180. The van der Waals surface area contributed by atoms with E-state index in [0.29, 0.717) is 37.6 Å². The van der Waals surface area contributed by atoms with Gasteiger partial charge in [0.2, 0.25) is 10.0 Å². The molecular formula is C20H24N2O4S. The highest BCUT2D eigenvalue weighted by atomic mass is 32.2. The Balaban J connectivity index is 1.36. The summed E-state index contributed by atoms with van der Waals surface area (Å²) in [6.07, 6.45) is 5.15. The molecule has 0 radical (unpaired) electrons. The second-order valence-electron chi connectivity index (χ2n) is 7.40. The number of aromatic nitrogens is 1. The molecular weight excluding hydrogens is 364 g/mol. The van der Waals surface area contributed by atoms with E-state index >= 15 is 0 Å². The number of pyridine rings is 1. The van der Waals surface area contributed by atoms with Crippen molar-refractivity contribution in [2.45, 2.75) is 43.0 Å². The fourth-order valence-corrected chi connectivity index (χ4v) is 5.26. The summed E-state index contributed by atoms with van der Waals surface area (Å²) >= 11 is 0. The molecule has 144 valence electrons. The highest BCUT2D eigenvalue weighted by Crippen LogP contribution is 2.38. The lowest BCUT2D eigenvalue weighted by atomic mass is 9.86. The Morgan fingerprint density at radius 2 is 2.04 bits per heavy atom. The topological polar surface area (TPSA) is 68.7 Å². The Kier molecular flexibility index (Phi) is 5.03. The molecule has 1 atom stereocenters. The molecule has 0 bridgehead atoms. The van der Waals surface area contributed by atoms with Crippen molar-refractivity contribution in [2.24, 2.45) is 0 Å². The summed E-state index contributed by atoms with van der Waals surface area (Å²) in [5.41, 5.74) is 1.66. The van der Waals surface area contributed by atoms with Crippen LogP contribution in [-0.2, 0) is 26.1 Å². The molecule has 1 aromatic carbocycles. The van der Waals surface area contributed by atoms with Crippen molar-refractivity contribution in [2.75, 3.05) is 19.7 Å². The quantitative estimate of drug-likeness (QED) is 0.787. The van der Waals surface area contributed by atoms with Gasteiger partial charge in [-0.3, -0.25) is 4.98 Å². The highest BCUT2D eigenvalue weighted by molar-refractivity contribution is 7.89. The molecule has 2 fully saturated rings. The Bertz CT molecular complexity index is 878. The van der Waals surface area contributed by atoms with Crippen molar-refractivity contribution in [1.29, 1.82) is 0 Å². The van der Waals surface area contributed by atoms with Crippen LogP contribution in [0.3, 0.4) is 0 Å². The van der Waals surface area contributed by atoms with Gasteiger partial charge in [0, 0.05) is 38.5 Å². The van der Waals surface area contributed by atoms with Crippen LogP contribution < -0.4 is 0 Å². The van der Waals surface area contributed by atoms with Gasteiger partial charge >= 0.3 is 0 Å². The minimum absolute atomic E-state index is 0.0724. The number of ether oxygens (including phenoxy) is 2. The van der Waals surface area contributed by atoms with E-state index in [1.165, 1.54) is 4.31 Å². The first-order valence-corrected chi connectivity index (χ1v) is 10.6. The monoisotopic (exact) mass is 388 g/mol. The van der Waals surface area contributed by atoms with Gasteiger partial charge in [0.15, 0.2) is 0 Å². The lowest BCUT2D eigenvalue weighted by Crippen LogP contribution is -2.67. The molecule has 0 amide bonds. The zero-order valence-corrected chi connectivity index (χ0v) is 16.2. The average Bonchev–Trinajstić information content (AvgIpc) is 2.66. The second kappa shape index (κ2) is 7.31.